The minimum Gasteiger partial charge on any atom is -0.387 e. The molecule has 0 unspecified atom stereocenters. The average molecular weight is 635 g/mol. The van der Waals surface area contributed by atoms with E-state index in [0.717, 1.165) is 50.0 Å². The van der Waals surface area contributed by atoms with Gasteiger partial charge in [0.1, 0.15) is 0 Å². The van der Waals surface area contributed by atoms with E-state index in [0.29, 0.717) is 0 Å². The van der Waals surface area contributed by atoms with Gasteiger partial charge in [0.05, 0.1) is 0 Å². The molecule has 2 radical (unpaired) electrons. The second kappa shape index (κ2) is 15.7. The molecule has 3 aliphatic heterocycles. The van der Waals surface area contributed by atoms with Gasteiger partial charge in [0.25, 0.3) is 0 Å². The molecule has 40 heavy (non-hydrogen) atoms. The maximum atomic E-state index is 9.92. The number of nitrogens with zero attached hydrogens (tertiary/aromatic N) is 2. The molecule has 5 rings (SSSR count). The molecule has 0 saturated carbocycles. The predicted octanol–water partition coefficient (Wildman–Crippen LogP) is 4.98. The van der Waals surface area contributed by atoms with Crippen LogP contribution in [-0.2, 0) is 74.8 Å². The Labute approximate surface area is 249 Å². The van der Waals surface area contributed by atoms with Crippen molar-refractivity contribution in [2.24, 2.45) is 0 Å². The number of benzene rings is 2. The van der Waals surface area contributed by atoms with Crippen molar-refractivity contribution in [3.05, 3.63) is 102 Å². The minimum atomic E-state index is -0.579. The summed E-state index contributed by atoms with van der Waals surface area (Å²) in [5.74, 6) is -2.31. The van der Waals surface area contributed by atoms with Gasteiger partial charge in [0.2, 0.25) is 6.67 Å². The summed E-state index contributed by atoms with van der Waals surface area (Å²) in [6.45, 7) is 12.5. The van der Waals surface area contributed by atoms with Crippen LogP contribution in [0.3, 0.4) is 0 Å². The Morgan fingerprint density at radius 3 is 1.02 bits per heavy atom. The number of hydrogen-bond donors (Lipinski definition) is 0. The van der Waals surface area contributed by atoms with E-state index in [1.54, 1.807) is 0 Å². The molecule has 0 N–H and O–H groups in total. The van der Waals surface area contributed by atoms with Crippen molar-refractivity contribution in [1.82, 2.24) is 0 Å². The second-order valence-electron chi connectivity index (χ2n) is 8.55. The molecule has 0 saturated heterocycles. The molecular weight excluding hydrogens is 603 g/mol. The SMILES string of the molecule is CCc1cccc(CC)c1N1[C]N(c2c(CC)cccc2CC)C=C1.O=C1C=CC(=O)O1.O=C1C=CC(=O)O1.[Pd]. The van der Waals surface area contributed by atoms with Crippen LogP contribution < -0.4 is 9.80 Å². The van der Waals surface area contributed by atoms with E-state index in [9.17, 15) is 19.2 Å². The first-order valence-corrected chi connectivity index (χ1v) is 12.9. The summed E-state index contributed by atoms with van der Waals surface area (Å²) in [5, 5.41) is 0. The number of anilines is 2. The summed E-state index contributed by atoms with van der Waals surface area (Å²) in [6.07, 6.45) is 12.7. The van der Waals surface area contributed by atoms with Crippen LogP contribution in [0.4, 0.5) is 11.4 Å². The molecule has 212 valence electrons. The van der Waals surface area contributed by atoms with Gasteiger partial charge in [0, 0.05) is 68.5 Å². The van der Waals surface area contributed by atoms with Crippen LogP contribution in [0.2, 0.25) is 0 Å². The van der Waals surface area contributed by atoms with Crippen LogP contribution in [0.1, 0.15) is 49.9 Å². The molecule has 0 aromatic heterocycles. The first-order valence-electron chi connectivity index (χ1n) is 12.9. The van der Waals surface area contributed by atoms with Gasteiger partial charge in [-0.1, -0.05) is 64.1 Å². The predicted molar refractivity (Wildman–Crippen MR) is 148 cm³/mol. The van der Waals surface area contributed by atoms with Crippen molar-refractivity contribution in [2.75, 3.05) is 9.80 Å². The summed E-state index contributed by atoms with van der Waals surface area (Å²) in [6, 6.07) is 13.2. The third-order valence-electron chi connectivity index (χ3n) is 6.11. The van der Waals surface area contributed by atoms with Gasteiger partial charge in [-0.3, -0.25) is 0 Å². The molecule has 0 amide bonds. The maximum absolute atomic E-state index is 9.92. The van der Waals surface area contributed by atoms with Gasteiger partial charge in [0.15, 0.2) is 0 Å². The number of carbonyl (C=O) groups excluding carboxylic acids is 4. The monoisotopic (exact) mass is 634 g/mol. The Bertz CT molecular complexity index is 1160. The van der Waals surface area contributed by atoms with E-state index in [1.807, 2.05) is 0 Å². The van der Waals surface area contributed by atoms with Crippen LogP contribution in [0.5, 0.6) is 0 Å². The zero-order chi connectivity index (χ0) is 28.4. The fourth-order valence-corrected chi connectivity index (χ4v) is 4.22. The second-order valence-corrected chi connectivity index (χ2v) is 8.55. The quantitative estimate of drug-likeness (QED) is 0.250. The topological polar surface area (TPSA) is 93.2 Å². The molecule has 0 spiro atoms. The average Bonchev–Trinajstić information content (AvgIpc) is 3.69. The van der Waals surface area contributed by atoms with Crippen molar-refractivity contribution in [2.45, 2.75) is 53.4 Å². The van der Waals surface area contributed by atoms with Crippen molar-refractivity contribution in [1.29, 1.82) is 0 Å². The van der Waals surface area contributed by atoms with Gasteiger partial charge in [-0.25, -0.2) is 19.2 Å². The number of ether oxygens (including phenoxy) is 2. The Balaban J connectivity index is 0.000000304. The van der Waals surface area contributed by atoms with Crippen molar-refractivity contribution in [3.8, 4) is 0 Å². The zero-order valence-electron chi connectivity index (χ0n) is 22.9. The summed E-state index contributed by atoms with van der Waals surface area (Å²) in [4.78, 5) is 44.0. The van der Waals surface area contributed by atoms with E-state index in [-0.39, 0.29) is 20.4 Å². The maximum Gasteiger partial charge on any atom is 0.338 e. The van der Waals surface area contributed by atoms with Crippen molar-refractivity contribution >= 4 is 35.3 Å². The van der Waals surface area contributed by atoms with E-state index < -0.39 is 23.9 Å². The summed E-state index contributed by atoms with van der Waals surface area (Å²) < 4.78 is 7.94. The Morgan fingerprint density at radius 2 is 0.825 bits per heavy atom. The van der Waals surface area contributed by atoms with Gasteiger partial charge in [-0.05, 0) is 47.9 Å². The molecule has 0 fully saturated rings. The number of para-hydroxylation sites is 2. The number of hydrogen-bond acceptors (Lipinski definition) is 8. The molecule has 3 heterocycles. The number of cyclic esters (lactones) is 4. The largest absolute Gasteiger partial charge is 0.387 e. The fourth-order valence-electron chi connectivity index (χ4n) is 4.22. The van der Waals surface area contributed by atoms with E-state index in [4.69, 9.17) is 0 Å². The molecule has 0 bridgehead atoms. The third kappa shape index (κ3) is 8.35. The molecule has 2 aromatic carbocycles. The summed E-state index contributed by atoms with van der Waals surface area (Å²) in [7, 11) is 0. The Morgan fingerprint density at radius 1 is 0.550 bits per heavy atom. The molecule has 0 aliphatic carbocycles. The molecular formula is C31H32N2O6Pd. The van der Waals surface area contributed by atoms with E-state index >= 15 is 0 Å². The molecule has 3 aliphatic rings. The third-order valence-corrected chi connectivity index (χ3v) is 6.11. The van der Waals surface area contributed by atoms with Crippen molar-refractivity contribution in [3.63, 3.8) is 0 Å². The smallest absolute Gasteiger partial charge is 0.338 e. The number of rotatable bonds is 6. The van der Waals surface area contributed by atoms with Crippen LogP contribution >= 0.6 is 0 Å². The molecule has 0 atom stereocenters. The van der Waals surface area contributed by atoms with E-state index in [1.165, 1.54) is 33.6 Å². The number of aryl methyl sites for hydroxylation is 4. The normalized spacial score (nSPS) is 14.8. The molecule has 8 nitrogen and oxygen atoms in total. The summed E-state index contributed by atoms with van der Waals surface area (Å²) in [5.41, 5.74) is 8.07. The summed E-state index contributed by atoms with van der Waals surface area (Å²) >= 11 is 0. The van der Waals surface area contributed by atoms with Crippen molar-refractivity contribution < 1.29 is 49.1 Å². The van der Waals surface area contributed by atoms with Gasteiger partial charge >= 0.3 is 23.9 Å². The van der Waals surface area contributed by atoms with Crippen LogP contribution in [0, 0.1) is 6.67 Å². The van der Waals surface area contributed by atoms with Gasteiger partial charge in [-0.15, -0.1) is 0 Å². The van der Waals surface area contributed by atoms with Gasteiger partial charge < -0.3 is 19.3 Å². The number of esters is 4. The van der Waals surface area contributed by atoms with Crippen LogP contribution in [0.15, 0.2) is 73.1 Å². The van der Waals surface area contributed by atoms with E-state index in [2.05, 4.69) is 102 Å². The van der Waals surface area contributed by atoms with Crippen LogP contribution in [0.25, 0.3) is 0 Å². The Hall–Kier alpha value is -3.80. The van der Waals surface area contributed by atoms with Crippen LogP contribution in [-0.4, -0.2) is 23.9 Å². The number of carbonyl (C=O) groups is 4. The Kier molecular flexibility index (Phi) is 12.7. The van der Waals surface area contributed by atoms with Gasteiger partial charge in [-0.2, -0.15) is 0 Å². The minimum absolute atomic E-state index is 0. The first-order chi connectivity index (χ1) is 18.8. The molecule has 2 aromatic rings. The fraction of sp³-hybridized carbons (Fsp3) is 0.258. The standard InChI is InChI=1S/C23H28N2.2C4H2O3.Pd/c1-5-18-11-9-12-19(6-2)22(18)24-15-16-25(17-24)23-20(7-3)13-10-14-21(23)8-4;2*5-3-1-2-4(6)7-3;/h9-16H,5-8H2,1-4H3;2*1-2H;. The molecule has 9 heteroatoms. The zero-order valence-corrected chi connectivity index (χ0v) is 24.5. The first kappa shape index (κ1) is 32.4.